The molecular weight excluding hydrogens is 298 g/mol. The fraction of sp³-hybridized carbons (Fsp3) is 0.625. The molecule has 1 heterocycles. The summed E-state index contributed by atoms with van der Waals surface area (Å²) in [5.74, 6) is 0.0931. The van der Waals surface area contributed by atoms with Gasteiger partial charge in [-0.3, -0.25) is 9.59 Å². The molecule has 0 atom stereocenters. The van der Waals surface area contributed by atoms with Gasteiger partial charge in [-0.1, -0.05) is 6.42 Å². The van der Waals surface area contributed by atoms with Gasteiger partial charge in [-0.05, 0) is 33.6 Å². The molecule has 0 unspecified atom stereocenters. The van der Waals surface area contributed by atoms with Gasteiger partial charge in [0.1, 0.15) is 5.60 Å². The molecule has 0 saturated carbocycles. The monoisotopic (exact) mass is 323 g/mol. The number of carbonyl (C=O) groups excluding carboxylic acids is 2. The van der Waals surface area contributed by atoms with E-state index in [1.165, 1.54) is 12.4 Å². The second kappa shape index (κ2) is 9.07. The van der Waals surface area contributed by atoms with Gasteiger partial charge in [0.25, 0.3) is 5.56 Å². The van der Waals surface area contributed by atoms with Gasteiger partial charge in [-0.2, -0.15) is 4.98 Å². The van der Waals surface area contributed by atoms with Crippen LogP contribution in [0.3, 0.4) is 0 Å². The van der Waals surface area contributed by atoms with Crippen LogP contribution in [0, 0.1) is 0 Å². The Morgan fingerprint density at radius 3 is 2.61 bits per heavy atom. The van der Waals surface area contributed by atoms with Crippen LogP contribution in [0.4, 0.5) is 4.79 Å². The first kappa shape index (κ1) is 18.9. The van der Waals surface area contributed by atoms with Gasteiger partial charge >= 0.3 is 6.09 Å². The fourth-order valence-corrected chi connectivity index (χ4v) is 1.88. The lowest BCUT2D eigenvalue weighted by Crippen LogP contribution is -2.33. The van der Waals surface area contributed by atoms with Crippen LogP contribution in [-0.2, 0) is 16.1 Å². The number of hydrogen-bond donors (Lipinski definition) is 1. The van der Waals surface area contributed by atoms with Crippen LogP contribution in [0.15, 0.2) is 23.4 Å². The predicted octanol–water partition coefficient (Wildman–Crippen LogP) is 1.90. The number of alkyl carbamates (subject to hydrolysis) is 1. The molecule has 1 aromatic rings. The Bertz CT molecular complexity index is 555. The molecule has 1 rings (SSSR count). The van der Waals surface area contributed by atoms with E-state index in [1.54, 1.807) is 10.8 Å². The summed E-state index contributed by atoms with van der Waals surface area (Å²) in [5.41, 5.74) is -0.806. The van der Waals surface area contributed by atoms with Crippen molar-refractivity contribution in [1.29, 1.82) is 0 Å². The molecule has 7 nitrogen and oxygen atoms in total. The van der Waals surface area contributed by atoms with Crippen LogP contribution in [0.1, 0.15) is 46.5 Å². The number of hydrogen-bond acceptors (Lipinski definition) is 5. The van der Waals surface area contributed by atoms with E-state index in [4.69, 9.17) is 4.74 Å². The SMILES string of the molecule is CC(C)(C)OC(=O)NCCCCCC(=O)Cn1ccc(=O)nc1. The van der Waals surface area contributed by atoms with E-state index < -0.39 is 11.7 Å². The third kappa shape index (κ3) is 9.44. The Hall–Kier alpha value is -2.18. The molecule has 0 saturated heterocycles. The summed E-state index contributed by atoms with van der Waals surface area (Å²) in [6.07, 6.45) is 5.39. The third-order valence-corrected chi connectivity index (χ3v) is 2.90. The molecule has 128 valence electrons. The lowest BCUT2D eigenvalue weighted by atomic mass is 10.1. The van der Waals surface area contributed by atoms with Crippen molar-refractivity contribution in [3.8, 4) is 0 Å². The first-order valence-electron chi connectivity index (χ1n) is 7.77. The van der Waals surface area contributed by atoms with Gasteiger partial charge in [0.2, 0.25) is 0 Å². The number of amides is 1. The molecule has 23 heavy (non-hydrogen) atoms. The first-order valence-corrected chi connectivity index (χ1v) is 7.77. The number of rotatable bonds is 8. The first-order chi connectivity index (χ1) is 10.8. The molecule has 0 bridgehead atoms. The summed E-state index contributed by atoms with van der Waals surface area (Å²) in [4.78, 5) is 37.6. The average Bonchev–Trinajstić information content (AvgIpc) is 2.43. The lowest BCUT2D eigenvalue weighted by Gasteiger charge is -2.19. The van der Waals surface area contributed by atoms with E-state index in [2.05, 4.69) is 10.3 Å². The smallest absolute Gasteiger partial charge is 0.407 e. The van der Waals surface area contributed by atoms with Crippen LogP contribution in [0.5, 0.6) is 0 Å². The fourth-order valence-electron chi connectivity index (χ4n) is 1.88. The number of Topliss-reactive ketones (excluding diaryl/α,β-unsaturated/α-hetero) is 1. The number of ketones is 1. The van der Waals surface area contributed by atoms with E-state index in [1.807, 2.05) is 20.8 Å². The molecule has 0 aromatic carbocycles. The quantitative estimate of drug-likeness (QED) is 0.738. The Balaban J connectivity index is 2.08. The highest BCUT2D eigenvalue weighted by molar-refractivity contribution is 5.78. The number of nitrogens with one attached hydrogen (secondary N) is 1. The topological polar surface area (TPSA) is 90.3 Å². The average molecular weight is 323 g/mol. The van der Waals surface area contributed by atoms with E-state index in [-0.39, 0.29) is 17.9 Å². The van der Waals surface area contributed by atoms with E-state index >= 15 is 0 Å². The molecule has 0 aliphatic heterocycles. The minimum Gasteiger partial charge on any atom is -0.444 e. The van der Waals surface area contributed by atoms with Gasteiger partial charge in [-0.15, -0.1) is 0 Å². The largest absolute Gasteiger partial charge is 0.444 e. The number of unbranched alkanes of at least 4 members (excludes halogenated alkanes) is 2. The molecule has 0 aliphatic carbocycles. The maximum absolute atomic E-state index is 11.8. The highest BCUT2D eigenvalue weighted by Crippen LogP contribution is 2.06. The van der Waals surface area contributed by atoms with Crippen LogP contribution in [0.2, 0.25) is 0 Å². The molecule has 0 spiro atoms. The maximum atomic E-state index is 11.8. The van der Waals surface area contributed by atoms with Crippen molar-refractivity contribution in [2.75, 3.05) is 6.54 Å². The van der Waals surface area contributed by atoms with Gasteiger partial charge in [-0.25, -0.2) is 4.79 Å². The lowest BCUT2D eigenvalue weighted by molar-refractivity contribution is -0.119. The highest BCUT2D eigenvalue weighted by atomic mass is 16.6. The second-order valence-corrected chi connectivity index (χ2v) is 6.35. The maximum Gasteiger partial charge on any atom is 0.407 e. The summed E-state index contributed by atoms with van der Waals surface area (Å²) in [7, 11) is 0. The zero-order valence-electron chi connectivity index (χ0n) is 14.0. The molecular formula is C16H25N3O4. The molecule has 0 radical (unpaired) electrons. The minimum atomic E-state index is -0.493. The van der Waals surface area contributed by atoms with E-state index in [0.29, 0.717) is 13.0 Å². The van der Waals surface area contributed by atoms with Crippen molar-refractivity contribution in [3.63, 3.8) is 0 Å². The summed E-state index contributed by atoms with van der Waals surface area (Å²) >= 11 is 0. The van der Waals surface area contributed by atoms with Crippen LogP contribution in [0.25, 0.3) is 0 Å². The molecule has 0 fully saturated rings. The summed E-state index contributed by atoms with van der Waals surface area (Å²) in [5, 5.41) is 2.68. The van der Waals surface area contributed by atoms with Crippen molar-refractivity contribution in [2.45, 2.75) is 58.6 Å². The van der Waals surface area contributed by atoms with E-state index in [9.17, 15) is 14.4 Å². The zero-order chi connectivity index (χ0) is 17.3. The van der Waals surface area contributed by atoms with Crippen molar-refractivity contribution in [3.05, 3.63) is 28.9 Å². The Morgan fingerprint density at radius 2 is 2.00 bits per heavy atom. The van der Waals surface area contributed by atoms with Gasteiger partial charge in [0.15, 0.2) is 5.78 Å². The number of carbonyl (C=O) groups is 2. The van der Waals surface area contributed by atoms with Crippen molar-refractivity contribution in [2.24, 2.45) is 0 Å². The van der Waals surface area contributed by atoms with Crippen molar-refractivity contribution in [1.82, 2.24) is 14.9 Å². The Kier molecular flexibility index (Phi) is 7.44. The Morgan fingerprint density at radius 1 is 1.26 bits per heavy atom. The van der Waals surface area contributed by atoms with Crippen molar-refractivity contribution >= 4 is 11.9 Å². The predicted molar refractivity (Wildman–Crippen MR) is 86.2 cm³/mol. The molecule has 1 N–H and O–H groups in total. The minimum absolute atomic E-state index is 0.0931. The van der Waals surface area contributed by atoms with Crippen molar-refractivity contribution < 1.29 is 14.3 Å². The second-order valence-electron chi connectivity index (χ2n) is 6.35. The molecule has 7 heteroatoms. The van der Waals surface area contributed by atoms with Gasteiger partial charge < -0.3 is 14.6 Å². The molecule has 0 aliphatic rings. The molecule has 1 aromatic heterocycles. The Labute approximate surface area is 136 Å². The number of aromatic nitrogens is 2. The van der Waals surface area contributed by atoms with Gasteiger partial charge in [0.05, 0.1) is 12.9 Å². The zero-order valence-corrected chi connectivity index (χ0v) is 14.0. The molecule has 1 amide bonds. The summed E-state index contributed by atoms with van der Waals surface area (Å²) < 4.78 is 6.71. The van der Waals surface area contributed by atoms with E-state index in [0.717, 1.165) is 19.3 Å². The summed E-state index contributed by atoms with van der Waals surface area (Å²) in [6.45, 7) is 6.21. The number of ether oxygens (including phenoxy) is 1. The van der Waals surface area contributed by atoms with Crippen LogP contribution >= 0.6 is 0 Å². The van der Waals surface area contributed by atoms with Crippen LogP contribution in [-0.4, -0.2) is 33.6 Å². The standard InChI is InChI=1S/C16H25N3O4/c1-16(2,3)23-15(22)17-9-6-4-5-7-13(20)11-19-10-8-14(21)18-12-19/h8,10,12H,4-7,9,11H2,1-3H3,(H,17,22). The highest BCUT2D eigenvalue weighted by Gasteiger charge is 2.15. The van der Waals surface area contributed by atoms with Crippen LogP contribution < -0.4 is 10.9 Å². The normalized spacial score (nSPS) is 11.1. The van der Waals surface area contributed by atoms with Gasteiger partial charge in [0, 0.05) is 25.2 Å². The summed E-state index contributed by atoms with van der Waals surface area (Å²) in [6, 6.07) is 1.33. The number of nitrogens with zero attached hydrogens (tertiary/aromatic N) is 2. The third-order valence-electron chi connectivity index (χ3n) is 2.90.